The number of rotatable bonds is 2. The fraction of sp³-hybridized carbons (Fsp3) is 0.556. The van der Waals surface area contributed by atoms with E-state index in [9.17, 15) is 0 Å². The van der Waals surface area contributed by atoms with E-state index >= 15 is 0 Å². The summed E-state index contributed by atoms with van der Waals surface area (Å²) in [6, 6.07) is 0. The first-order valence-corrected chi connectivity index (χ1v) is 4.59. The van der Waals surface area contributed by atoms with Crippen LogP contribution >= 0.6 is 15.9 Å². The highest BCUT2D eigenvalue weighted by atomic mass is 79.9. The molecule has 0 radical (unpaired) electrons. The van der Waals surface area contributed by atoms with Crippen molar-refractivity contribution in [1.82, 2.24) is 0 Å². The van der Waals surface area contributed by atoms with Crippen molar-refractivity contribution in [2.24, 2.45) is 0 Å². The van der Waals surface area contributed by atoms with Crippen LogP contribution in [0.4, 0.5) is 0 Å². The van der Waals surface area contributed by atoms with Gasteiger partial charge in [0.25, 0.3) is 0 Å². The number of halogens is 1. The Labute approximate surface area is 71.1 Å². The molecule has 0 amide bonds. The summed E-state index contributed by atoms with van der Waals surface area (Å²) in [5.74, 6) is 0. The van der Waals surface area contributed by atoms with E-state index in [-0.39, 0.29) is 4.32 Å². The van der Waals surface area contributed by atoms with E-state index in [4.69, 9.17) is 0 Å². The largest absolute Gasteiger partial charge is 0.0828 e. The van der Waals surface area contributed by atoms with Gasteiger partial charge in [-0.3, -0.25) is 0 Å². The second kappa shape index (κ2) is 3.38. The van der Waals surface area contributed by atoms with E-state index in [0.717, 1.165) is 6.42 Å². The van der Waals surface area contributed by atoms with Crippen LogP contribution in [0.15, 0.2) is 24.3 Å². The van der Waals surface area contributed by atoms with E-state index in [1.165, 1.54) is 12.8 Å². The van der Waals surface area contributed by atoms with Gasteiger partial charge in [0.1, 0.15) is 0 Å². The Kier molecular flexibility index (Phi) is 2.72. The van der Waals surface area contributed by atoms with Crippen molar-refractivity contribution in [1.29, 1.82) is 0 Å². The second-order valence-electron chi connectivity index (χ2n) is 2.78. The van der Waals surface area contributed by atoms with E-state index < -0.39 is 0 Å². The van der Waals surface area contributed by atoms with Gasteiger partial charge in [0, 0.05) is 4.32 Å². The maximum atomic E-state index is 3.72. The maximum Gasteiger partial charge on any atom is 0.0474 e. The Morgan fingerprint density at radius 3 is 2.80 bits per heavy atom. The van der Waals surface area contributed by atoms with Gasteiger partial charge >= 0.3 is 0 Å². The molecule has 1 heteroatoms. The van der Waals surface area contributed by atoms with E-state index in [2.05, 4.69) is 47.2 Å². The summed E-state index contributed by atoms with van der Waals surface area (Å²) in [7, 11) is 0. The smallest absolute Gasteiger partial charge is 0.0474 e. The zero-order valence-corrected chi connectivity index (χ0v) is 7.89. The van der Waals surface area contributed by atoms with Crippen molar-refractivity contribution in [2.45, 2.75) is 30.5 Å². The van der Waals surface area contributed by atoms with Gasteiger partial charge < -0.3 is 0 Å². The highest BCUT2D eigenvalue weighted by molar-refractivity contribution is 9.10. The normalized spacial score (nSPS) is 31.0. The highest BCUT2D eigenvalue weighted by Crippen LogP contribution is 2.32. The molecule has 1 rings (SSSR count). The van der Waals surface area contributed by atoms with Gasteiger partial charge in [-0.25, -0.2) is 0 Å². The minimum Gasteiger partial charge on any atom is -0.0828 e. The topological polar surface area (TPSA) is 0 Å². The van der Waals surface area contributed by atoms with Crippen LogP contribution in [0.1, 0.15) is 26.2 Å². The molecule has 0 fully saturated rings. The third kappa shape index (κ3) is 1.98. The molecule has 0 nitrogen and oxygen atoms in total. The summed E-state index contributed by atoms with van der Waals surface area (Å²) in [4.78, 5) is 0. The van der Waals surface area contributed by atoms with Crippen LogP contribution < -0.4 is 0 Å². The van der Waals surface area contributed by atoms with Crippen LogP contribution in [-0.2, 0) is 0 Å². The Hall–Kier alpha value is -0.0400. The van der Waals surface area contributed by atoms with Gasteiger partial charge in [0.15, 0.2) is 0 Å². The van der Waals surface area contributed by atoms with Gasteiger partial charge in [-0.1, -0.05) is 53.6 Å². The molecule has 0 N–H and O–H groups in total. The first-order chi connectivity index (χ1) is 4.77. The lowest BCUT2D eigenvalue weighted by Crippen LogP contribution is -2.16. The molecule has 0 bridgehead atoms. The van der Waals surface area contributed by atoms with E-state index in [0.29, 0.717) is 0 Å². The Balaban J connectivity index is 2.52. The van der Waals surface area contributed by atoms with Crippen molar-refractivity contribution in [2.75, 3.05) is 0 Å². The molecule has 10 heavy (non-hydrogen) atoms. The molecule has 1 aliphatic rings. The first kappa shape index (κ1) is 8.06. The van der Waals surface area contributed by atoms with Crippen molar-refractivity contribution in [3.05, 3.63) is 24.3 Å². The number of alkyl halides is 1. The van der Waals surface area contributed by atoms with Crippen LogP contribution in [0.25, 0.3) is 0 Å². The number of hydrogen-bond acceptors (Lipinski definition) is 0. The highest BCUT2D eigenvalue weighted by Gasteiger charge is 2.21. The number of hydrogen-bond donors (Lipinski definition) is 0. The van der Waals surface area contributed by atoms with Crippen molar-refractivity contribution < 1.29 is 0 Å². The zero-order chi connectivity index (χ0) is 7.45. The SMILES string of the molecule is CCCC1(Br)C=CC=CC1. The summed E-state index contributed by atoms with van der Waals surface area (Å²) in [5, 5.41) is 0. The summed E-state index contributed by atoms with van der Waals surface area (Å²) >= 11 is 3.72. The molecule has 0 heterocycles. The van der Waals surface area contributed by atoms with Crippen LogP contribution in [-0.4, -0.2) is 4.32 Å². The molecule has 0 aromatic rings. The van der Waals surface area contributed by atoms with Crippen LogP contribution in [0.5, 0.6) is 0 Å². The lowest BCUT2D eigenvalue weighted by Gasteiger charge is -2.23. The molecule has 0 saturated carbocycles. The van der Waals surface area contributed by atoms with E-state index in [1.807, 2.05) is 0 Å². The minimum atomic E-state index is 0.274. The van der Waals surface area contributed by atoms with Crippen molar-refractivity contribution >= 4 is 15.9 Å². The average Bonchev–Trinajstić information content (AvgIpc) is 1.89. The van der Waals surface area contributed by atoms with Gasteiger partial charge in [-0.15, -0.1) is 0 Å². The predicted molar refractivity (Wildman–Crippen MR) is 49.5 cm³/mol. The molecule has 0 spiro atoms. The van der Waals surface area contributed by atoms with Gasteiger partial charge in [-0.2, -0.15) is 0 Å². The van der Waals surface area contributed by atoms with Crippen molar-refractivity contribution in [3.63, 3.8) is 0 Å². The van der Waals surface area contributed by atoms with E-state index in [1.54, 1.807) is 0 Å². The third-order valence-corrected chi connectivity index (χ3v) is 2.75. The molecule has 0 aromatic carbocycles. The Bertz CT molecular complexity index is 158. The molecule has 1 unspecified atom stereocenters. The average molecular weight is 201 g/mol. The molecule has 1 atom stereocenters. The van der Waals surface area contributed by atoms with Gasteiger partial charge in [0.2, 0.25) is 0 Å². The van der Waals surface area contributed by atoms with Gasteiger partial charge in [0.05, 0.1) is 0 Å². The molecule has 1 aliphatic carbocycles. The minimum absolute atomic E-state index is 0.274. The summed E-state index contributed by atoms with van der Waals surface area (Å²) in [6.45, 7) is 2.22. The molecule has 0 aliphatic heterocycles. The monoisotopic (exact) mass is 200 g/mol. The fourth-order valence-electron chi connectivity index (χ4n) is 1.24. The second-order valence-corrected chi connectivity index (χ2v) is 4.36. The molecule has 0 saturated heterocycles. The standard InChI is InChI=1S/C9H13Br/c1-2-6-9(10)7-4-3-5-8-9/h3-5,7H,2,6,8H2,1H3. The molecule has 0 aromatic heterocycles. The van der Waals surface area contributed by atoms with Crippen LogP contribution in [0.2, 0.25) is 0 Å². The molecular formula is C9H13Br. The maximum absolute atomic E-state index is 3.72. The molecule has 56 valence electrons. The summed E-state index contributed by atoms with van der Waals surface area (Å²) < 4.78 is 0.274. The number of allylic oxidation sites excluding steroid dienone is 4. The first-order valence-electron chi connectivity index (χ1n) is 3.80. The summed E-state index contributed by atoms with van der Waals surface area (Å²) in [6.07, 6.45) is 12.3. The van der Waals surface area contributed by atoms with Crippen LogP contribution in [0.3, 0.4) is 0 Å². The quantitative estimate of drug-likeness (QED) is 0.600. The third-order valence-electron chi connectivity index (χ3n) is 1.76. The van der Waals surface area contributed by atoms with Gasteiger partial charge in [-0.05, 0) is 12.8 Å². The van der Waals surface area contributed by atoms with Crippen molar-refractivity contribution in [3.8, 4) is 0 Å². The lowest BCUT2D eigenvalue weighted by atomic mass is 9.96. The Morgan fingerprint density at radius 1 is 1.50 bits per heavy atom. The summed E-state index contributed by atoms with van der Waals surface area (Å²) in [5.41, 5.74) is 0. The lowest BCUT2D eigenvalue weighted by molar-refractivity contribution is 0.644. The fourth-order valence-corrected chi connectivity index (χ4v) is 1.98. The Morgan fingerprint density at radius 2 is 2.30 bits per heavy atom. The van der Waals surface area contributed by atoms with Crippen LogP contribution in [0, 0.1) is 0 Å². The predicted octanol–water partition coefficient (Wildman–Crippen LogP) is 3.44. The molecular weight excluding hydrogens is 188 g/mol. The zero-order valence-electron chi connectivity index (χ0n) is 6.31.